The Morgan fingerprint density at radius 2 is 0.805 bits per heavy atom. The molecule has 0 atom stereocenters. The Labute approximate surface area is 249 Å². The number of aliphatic hydroxyl groups excluding tert-OH is 4. The van der Waals surface area contributed by atoms with Crippen molar-refractivity contribution in [3.8, 4) is 11.5 Å². The van der Waals surface area contributed by atoms with Crippen LogP contribution in [0.1, 0.15) is 105 Å². The van der Waals surface area contributed by atoms with Crippen molar-refractivity contribution < 1.29 is 34.4 Å². The van der Waals surface area contributed by atoms with E-state index in [2.05, 4.69) is 107 Å². The molecular weight excluding hydrogens is 539 g/mol. The van der Waals surface area contributed by atoms with Crippen LogP contribution in [0.15, 0.2) is 36.4 Å². The number of aliphatic hydroxyl groups is 4. The molecule has 0 saturated heterocycles. The largest absolute Gasteiger partial charge is 0.460 e. The molecule has 0 saturated carbocycles. The predicted molar refractivity (Wildman–Crippen MR) is 169 cm³/mol. The highest BCUT2D eigenvalue weighted by molar-refractivity contribution is 7.41. The van der Waals surface area contributed by atoms with Crippen molar-refractivity contribution in [2.24, 2.45) is 5.41 Å². The van der Waals surface area contributed by atoms with E-state index < -0.39 is 40.4 Å². The van der Waals surface area contributed by atoms with Gasteiger partial charge in [-0.05, 0) is 44.9 Å². The summed E-state index contributed by atoms with van der Waals surface area (Å²) in [6.07, 6.45) is 0. The molecule has 2 aromatic carbocycles. The maximum Gasteiger partial charge on any atom is 0.460 e. The number of benzene rings is 2. The fourth-order valence-corrected chi connectivity index (χ4v) is 4.50. The van der Waals surface area contributed by atoms with Gasteiger partial charge >= 0.3 is 8.60 Å². The zero-order valence-electron chi connectivity index (χ0n) is 27.3. The second-order valence-electron chi connectivity index (χ2n) is 15.0. The van der Waals surface area contributed by atoms with Gasteiger partial charge in [0.15, 0.2) is 0 Å². The Bertz CT molecular complexity index is 1000. The summed E-state index contributed by atoms with van der Waals surface area (Å²) in [5.74, 6) is 1.34. The van der Waals surface area contributed by atoms with Crippen molar-refractivity contribution in [1.82, 2.24) is 0 Å². The lowest BCUT2D eigenvalue weighted by atomic mass is 9.80. The maximum atomic E-state index is 10.8. The van der Waals surface area contributed by atoms with Crippen LogP contribution in [0.2, 0.25) is 0 Å². The SMILES string of the molecule is CC(C)(C)c1ccc(OP(O)Oc2ccc(C(C)(C)C)cc2C(C)(C)C)c(C(C)(C)C)c1.OCC(CO)(CO)CO. The van der Waals surface area contributed by atoms with Crippen LogP contribution in [0, 0.1) is 5.41 Å². The van der Waals surface area contributed by atoms with Crippen LogP contribution in [0.5, 0.6) is 11.5 Å². The summed E-state index contributed by atoms with van der Waals surface area (Å²) in [6.45, 7) is 24.5. The molecule has 0 aliphatic rings. The molecule has 5 N–H and O–H groups in total. The second-order valence-corrected chi connectivity index (χ2v) is 15.8. The molecule has 234 valence electrons. The maximum absolute atomic E-state index is 10.8. The van der Waals surface area contributed by atoms with E-state index in [0.29, 0.717) is 11.5 Å². The summed E-state index contributed by atoms with van der Waals surface area (Å²) < 4.78 is 12.0. The normalized spacial score (nSPS) is 13.1. The van der Waals surface area contributed by atoms with Gasteiger partial charge in [0.05, 0.1) is 31.8 Å². The topological polar surface area (TPSA) is 120 Å². The summed E-state index contributed by atoms with van der Waals surface area (Å²) >= 11 is 0. The first-order valence-corrected chi connectivity index (χ1v) is 15.3. The fourth-order valence-electron chi connectivity index (χ4n) is 3.81. The molecule has 0 heterocycles. The van der Waals surface area contributed by atoms with Gasteiger partial charge in [-0.25, -0.2) is 0 Å². The van der Waals surface area contributed by atoms with Crippen molar-refractivity contribution in [3.05, 3.63) is 58.7 Å². The minimum Gasteiger partial charge on any atom is -0.418 e. The molecule has 7 nitrogen and oxygen atoms in total. The van der Waals surface area contributed by atoms with Gasteiger partial charge in [0.25, 0.3) is 0 Å². The Kier molecular flexibility index (Phi) is 12.9. The molecule has 0 aliphatic heterocycles. The average molecular weight is 595 g/mol. The van der Waals surface area contributed by atoms with Gasteiger partial charge in [0.2, 0.25) is 0 Å². The van der Waals surface area contributed by atoms with Crippen molar-refractivity contribution in [3.63, 3.8) is 0 Å². The highest BCUT2D eigenvalue weighted by Crippen LogP contribution is 2.45. The zero-order chi connectivity index (χ0) is 32.0. The molecule has 2 aromatic rings. The molecule has 0 spiro atoms. The fraction of sp³-hybridized carbons (Fsp3) is 0.636. The van der Waals surface area contributed by atoms with Crippen LogP contribution in [0.4, 0.5) is 0 Å². The third-order valence-electron chi connectivity index (χ3n) is 7.00. The Hall–Kier alpha value is -1.73. The molecular formula is C33H55O7P. The van der Waals surface area contributed by atoms with E-state index in [9.17, 15) is 4.89 Å². The summed E-state index contributed by atoms with van der Waals surface area (Å²) in [6, 6.07) is 12.5. The van der Waals surface area contributed by atoms with Crippen LogP contribution >= 0.6 is 8.60 Å². The summed E-state index contributed by atoms with van der Waals surface area (Å²) in [7, 11) is -2.14. The smallest absolute Gasteiger partial charge is 0.418 e. The highest BCUT2D eigenvalue weighted by atomic mass is 31.2. The van der Waals surface area contributed by atoms with E-state index in [1.165, 1.54) is 11.1 Å². The first kappa shape index (κ1) is 37.3. The van der Waals surface area contributed by atoms with Crippen molar-refractivity contribution in [2.45, 2.75) is 105 Å². The van der Waals surface area contributed by atoms with Gasteiger partial charge in [-0.1, -0.05) is 107 Å². The van der Waals surface area contributed by atoms with Gasteiger partial charge in [0, 0.05) is 11.1 Å². The molecule has 0 unspecified atom stereocenters. The van der Waals surface area contributed by atoms with Crippen LogP contribution < -0.4 is 9.05 Å². The molecule has 0 aromatic heterocycles. The Morgan fingerprint density at radius 1 is 0.512 bits per heavy atom. The molecule has 0 aliphatic carbocycles. The lowest BCUT2D eigenvalue weighted by Gasteiger charge is -2.29. The first-order valence-electron chi connectivity index (χ1n) is 14.1. The lowest BCUT2D eigenvalue weighted by Crippen LogP contribution is -2.37. The molecule has 2 rings (SSSR count). The van der Waals surface area contributed by atoms with Gasteiger partial charge in [0.1, 0.15) is 11.5 Å². The number of hydrogen-bond donors (Lipinski definition) is 5. The van der Waals surface area contributed by atoms with Crippen molar-refractivity contribution in [2.75, 3.05) is 26.4 Å². The van der Waals surface area contributed by atoms with Crippen LogP contribution in [-0.4, -0.2) is 51.7 Å². The van der Waals surface area contributed by atoms with Gasteiger partial charge < -0.3 is 34.4 Å². The lowest BCUT2D eigenvalue weighted by molar-refractivity contribution is -0.0328. The molecule has 0 fully saturated rings. The highest BCUT2D eigenvalue weighted by Gasteiger charge is 2.28. The molecule has 0 radical (unpaired) electrons. The quantitative estimate of drug-likeness (QED) is 0.222. The van der Waals surface area contributed by atoms with E-state index in [4.69, 9.17) is 29.5 Å². The van der Waals surface area contributed by atoms with Crippen molar-refractivity contribution >= 4 is 8.60 Å². The third kappa shape index (κ3) is 10.8. The van der Waals surface area contributed by atoms with Gasteiger partial charge in [-0.2, -0.15) is 0 Å². The third-order valence-corrected chi connectivity index (χ3v) is 7.71. The predicted octanol–water partition coefficient (Wildman–Crippen LogP) is 6.50. The standard InChI is InChI=1S/C28H43O3P.C5H12O4/c1-25(2,3)19-13-15-23(21(17-19)27(7,8)9)30-32(29)31-24-16-14-20(26(4,5)6)18-22(24)28(10,11)12;6-1-5(2-7,3-8)4-9/h13-18,29H,1-12H3;6-9H,1-4H2. The van der Waals surface area contributed by atoms with Crippen molar-refractivity contribution in [1.29, 1.82) is 0 Å². The van der Waals surface area contributed by atoms with Crippen LogP contribution in [0.3, 0.4) is 0 Å². The zero-order valence-corrected chi connectivity index (χ0v) is 28.2. The minimum absolute atomic E-state index is 0.0371. The minimum atomic E-state index is -2.14. The number of rotatable bonds is 8. The van der Waals surface area contributed by atoms with E-state index in [0.717, 1.165) is 11.1 Å². The monoisotopic (exact) mass is 594 g/mol. The van der Waals surface area contributed by atoms with Crippen LogP contribution in [-0.2, 0) is 21.7 Å². The Balaban J connectivity index is 0.000000803. The van der Waals surface area contributed by atoms with E-state index in [1.807, 2.05) is 12.1 Å². The van der Waals surface area contributed by atoms with Gasteiger partial charge in [-0.3, -0.25) is 0 Å². The molecule has 0 amide bonds. The van der Waals surface area contributed by atoms with E-state index >= 15 is 0 Å². The average Bonchev–Trinajstić information content (AvgIpc) is 2.84. The summed E-state index contributed by atoms with van der Waals surface area (Å²) in [4.78, 5) is 10.8. The molecule has 0 bridgehead atoms. The van der Waals surface area contributed by atoms with Crippen LogP contribution in [0.25, 0.3) is 0 Å². The Morgan fingerprint density at radius 3 is 1.00 bits per heavy atom. The van der Waals surface area contributed by atoms with Gasteiger partial charge in [-0.15, -0.1) is 0 Å². The summed E-state index contributed by atoms with van der Waals surface area (Å²) in [5.41, 5.74) is 3.32. The van der Waals surface area contributed by atoms with E-state index in [-0.39, 0.29) is 21.7 Å². The second kappa shape index (κ2) is 14.2. The first-order chi connectivity index (χ1) is 18.5. The summed E-state index contributed by atoms with van der Waals surface area (Å²) in [5, 5.41) is 34.0. The van der Waals surface area contributed by atoms with E-state index in [1.54, 1.807) is 0 Å². The number of hydrogen-bond acceptors (Lipinski definition) is 7. The molecule has 41 heavy (non-hydrogen) atoms. The molecule has 8 heteroatoms.